The topological polar surface area (TPSA) is 72.7 Å². The van der Waals surface area contributed by atoms with Crippen LogP contribution in [-0.2, 0) is 6.42 Å². The highest BCUT2D eigenvalue weighted by Gasteiger charge is 2.20. The van der Waals surface area contributed by atoms with Crippen LogP contribution in [0, 0.1) is 27.7 Å². The number of halogens is 1. The number of aromatic nitrogens is 4. The number of carbonyl (C=O) groups is 1. The lowest BCUT2D eigenvalue weighted by Crippen LogP contribution is -2.14. The van der Waals surface area contributed by atoms with Gasteiger partial charge in [-0.2, -0.15) is 0 Å². The molecule has 4 rings (SSSR count). The number of thiazole rings is 1. The Labute approximate surface area is 189 Å². The molecule has 6 nitrogen and oxygen atoms in total. The highest BCUT2D eigenvalue weighted by atomic mass is 35.5. The molecular formula is C23H22ClN5OS. The summed E-state index contributed by atoms with van der Waals surface area (Å²) in [6.45, 7) is 7.80. The Morgan fingerprint density at radius 1 is 1.13 bits per heavy atom. The average Bonchev–Trinajstić information content (AvgIpc) is 3.27. The van der Waals surface area contributed by atoms with Crippen molar-refractivity contribution in [1.29, 1.82) is 0 Å². The van der Waals surface area contributed by atoms with Crippen LogP contribution < -0.4 is 5.32 Å². The van der Waals surface area contributed by atoms with Gasteiger partial charge in [0.05, 0.1) is 17.1 Å². The van der Waals surface area contributed by atoms with Gasteiger partial charge < -0.3 is 0 Å². The predicted octanol–water partition coefficient (Wildman–Crippen LogP) is 5.45. The van der Waals surface area contributed by atoms with Crippen LogP contribution >= 0.6 is 22.9 Å². The van der Waals surface area contributed by atoms with Crippen LogP contribution in [0.2, 0.25) is 5.02 Å². The summed E-state index contributed by atoms with van der Waals surface area (Å²) in [5, 5.41) is 12.5. The standard InChI is InChI=1S/C23H22ClN5OS/c1-13-9-10-14(2)19(11-13)29-16(4)21(27-28-29)22(30)26-23-25-15(3)20(31-23)12-17-7-5-6-8-18(17)24/h5-11H,12H2,1-4H3,(H,25,26,30). The van der Waals surface area contributed by atoms with Gasteiger partial charge in [0.1, 0.15) is 0 Å². The van der Waals surface area contributed by atoms with Crippen molar-refractivity contribution in [2.45, 2.75) is 34.1 Å². The van der Waals surface area contributed by atoms with E-state index in [4.69, 9.17) is 11.6 Å². The van der Waals surface area contributed by atoms with Crippen LogP contribution in [0.1, 0.15) is 43.4 Å². The molecule has 158 valence electrons. The first-order valence-corrected chi connectivity index (χ1v) is 11.0. The average molecular weight is 452 g/mol. The summed E-state index contributed by atoms with van der Waals surface area (Å²) in [4.78, 5) is 18.4. The van der Waals surface area contributed by atoms with Crippen molar-refractivity contribution < 1.29 is 4.79 Å². The number of hydrogen-bond donors (Lipinski definition) is 1. The number of anilines is 1. The van der Waals surface area contributed by atoms with Crippen LogP contribution in [-0.4, -0.2) is 25.9 Å². The van der Waals surface area contributed by atoms with E-state index in [-0.39, 0.29) is 11.6 Å². The molecule has 1 amide bonds. The SMILES string of the molecule is Cc1ccc(C)c(-n2nnc(C(=O)Nc3nc(C)c(Cc4ccccc4Cl)s3)c2C)c1. The van der Waals surface area contributed by atoms with Gasteiger partial charge in [-0.25, -0.2) is 9.67 Å². The van der Waals surface area contributed by atoms with E-state index in [0.717, 1.165) is 38.0 Å². The smallest absolute Gasteiger partial charge is 0.279 e. The summed E-state index contributed by atoms with van der Waals surface area (Å²) in [5.74, 6) is -0.327. The number of carbonyl (C=O) groups excluding carboxylic acids is 1. The van der Waals surface area contributed by atoms with Crippen LogP contribution in [0.5, 0.6) is 0 Å². The second-order valence-corrected chi connectivity index (χ2v) is 8.97. The zero-order valence-electron chi connectivity index (χ0n) is 17.7. The van der Waals surface area contributed by atoms with Crippen LogP contribution in [0.4, 0.5) is 5.13 Å². The van der Waals surface area contributed by atoms with Gasteiger partial charge in [0.15, 0.2) is 10.8 Å². The molecule has 0 spiro atoms. The Morgan fingerprint density at radius 2 is 1.90 bits per heavy atom. The van der Waals surface area contributed by atoms with Gasteiger partial charge in [-0.15, -0.1) is 16.4 Å². The normalized spacial score (nSPS) is 11.0. The molecule has 0 bridgehead atoms. The molecular weight excluding hydrogens is 430 g/mol. The molecule has 0 aliphatic carbocycles. The fourth-order valence-electron chi connectivity index (χ4n) is 3.33. The summed E-state index contributed by atoms with van der Waals surface area (Å²) in [5.41, 5.74) is 5.95. The Hall–Kier alpha value is -3.03. The Kier molecular flexibility index (Phi) is 5.89. The van der Waals surface area contributed by atoms with Gasteiger partial charge in [-0.1, -0.05) is 47.1 Å². The number of nitrogens with one attached hydrogen (secondary N) is 1. The Morgan fingerprint density at radius 3 is 2.68 bits per heavy atom. The van der Waals surface area contributed by atoms with E-state index in [2.05, 4.69) is 20.6 Å². The minimum Gasteiger partial charge on any atom is -0.296 e. The molecule has 0 atom stereocenters. The number of nitrogens with zero attached hydrogens (tertiary/aromatic N) is 4. The Bertz CT molecular complexity index is 1280. The monoisotopic (exact) mass is 451 g/mol. The molecule has 1 N–H and O–H groups in total. The van der Waals surface area contributed by atoms with Crippen molar-refractivity contribution in [3.8, 4) is 5.69 Å². The van der Waals surface area contributed by atoms with Crippen molar-refractivity contribution in [1.82, 2.24) is 20.0 Å². The molecule has 2 aromatic carbocycles. The molecule has 8 heteroatoms. The van der Waals surface area contributed by atoms with Gasteiger partial charge in [-0.05, 0) is 56.5 Å². The van der Waals surface area contributed by atoms with E-state index in [1.807, 2.05) is 70.2 Å². The summed E-state index contributed by atoms with van der Waals surface area (Å²) in [7, 11) is 0. The second-order valence-electron chi connectivity index (χ2n) is 7.48. The van der Waals surface area contributed by atoms with Gasteiger partial charge in [0.2, 0.25) is 0 Å². The Balaban J connectivity index is 1.55. The lowest BCUT2D eigenvalue weighted by atomic mass is 10.1. The molecule has 0 aliphatic rings. The first-order chi connectivity index (χ1) is 14.8. The summed E-state index contributed by atoms with van der Waals surface area (Å²) >= 11 is 7.73. The number of benzene rings is 2. The van der Waals surface area contributed by atoms with Crippen molar-refractivity contribution >= 4 is 34.0 Å². The maximum Gasteiger partial charge on any atom is 0.279 e. The van der Waals surface area contributed by atoms with Gasteiger partial charge in [-0.3, -0.25) is 10.1 Å². The third-order valence-corrected chi connectivity index (χ3v) is 6.57. The summed E-state index contributed by atoms with van der Waals surface area (Å²) < 4.78 is 1.70. The third-order valence-electron chi connectivity index (χ3n) is 5.12. The first kappa shape index (κ1) is 21.2. The highest BCUT2D eigenvalue weighted by molar-refractivity contribution is 7.15. The van der Waals surface area contributed by atoms with E-state index < -0.39 is 0 Å². The number of aryl methyl sites for hydroxylation is 3. The molecule has 0 saturated carbocycles. The number of amides is 1. The lowest BCUT2D eigenvalue weighted by Gasteiger charge is -2.08. The quantitative estimate of drug-likeness (QED) is 0.437. The van der Waals surface area contributed by atoms with Crippen molar-refractivity contribution in [2.75, 3.05) is 5.32 Å². The zero-order valence-corrected chi connectivity index (χ0v) is 19.3. The van der Waals surface area contributed by atoms with E-state index in [9.17, 15) is 4.79 Å². The van der Waals surface area contributed by atoms with E-state index in [0.29, 0.717) is 17.2 Å². The maximum absolute atomic E-state index is 12.9. The molecule has 0 radical (unpaired) electrons. The van der Waals surface area contributed by atoms with Gasteiger partial charge in [0, 0.05) is 16.3 Å². The van der Waals surface area contributed by atoms with Crippen molar-refractivity contribution in [3.63, 3.8) is 0 Å². The fourth-order valence-corrected chi connectivity index (χ4v) is 4.52. The molecule has 0 aliphatic heterocycles. The van der Waals surface area contributed by atoms with Crippen LogP contribution in [0.3, 0.4) is 0 Å². The van der Waals surface area contributed by atoms with E-state index in [1.54, 1.807) is 4.68 Å². The van der Waals surface area contributed by atoms with Gasteiger partial charge in [0.25, 0.3) is 5.91 Å². The predicted molar refractivity (Wildman–Crippen MR) is 125 cm³/mol. The zero-order chi connectivity index (χ0) is 22.1. The summed E-state index contributed by atoms with van der Waals surface area (Å²) in [6, 6.07) is 13.8. The molecule has 2 heterocycles. The van der Waals surface area contributed by atoms with Crippen molar-refractivity contribution in [2.24, 2.45) is 0 Å². The molecule has 0 saturated heterocycles. The van der Waals surface area contributed by atoms with Crippen molar-refractivity contribution in [3.05, 3.63) is 86.1 Å². The summed E-state index contributed by atoms with van der Waals surface area (Å²) in [6.07, 6.45) is 0.668. The van der Waals surface area contributed by atoms with Gasteiger partial charge >= 0.3 is 0 Å². The highest BCUT2D eigenvalue weighted by Crippen LogP contribution is 2.28. The minimum atomic E-state index is -0.327. The van der Waals surface area contributed by atoms with E-state index >= 15 is 0 Å². The molecule has 4 aromatic rings. The van der Waals surface area contributed by atoms with E-state index in [1.165, 1.54) is 11.3 Å². The molecule has 0 unspecified atom stereocenters. The number of rotatable bonds is 5. The number of hydrogen-bond acceptors (Lipinski definition) is 5. The minimum absolute atomic E-state index is 0.279. The molecule has 2 aromatic heterocycles. The second kappa shape index (κ2) is 8.61. The van der Waals surface area contributed by atoms with Crippen LogP contribution in [0.25, 0.3) is 5.69 Å². The third kappa shape index (κ3) is 4.38. The molecule has 31 heavy (non-hydrogen) atoms. The lowest BCUT2D eigenvalue weighted by molar-refractivity contribution is 0.102. The fraction of sp³-hybridized carbons (Fsp3) is 0.217. The maximum atomic E-state index is 12.9. The molecule has 0 fully saturated rings. The van der Waals surface area contributed by atoms with Crippen LogP contribution in [0.15, 0.2) is 42.5 Å². The first-order valence-electron chi connectivity index (χ1n) is 9.84. The largest absolute Gasteiger partial charge is 0.296 e.